The van der Waals surface area contributed by atoms with E-state index < -0.39 is 0 Å². The van der Waals surface area contributed by atoms with Crippen LogP contribution in [0, 0.1) is 13.8 Å². The average Bonchev–Trinajstić information content (AvgIpc) is 2.42. The fourth-order valence-corrected chi connectivity index (χ4v) is 2.14. The first-order chi connectivity index (χ1) is 9.51. The predicted molar refractivity (Wildman–Crippen MR) is 82.8 cm³/mol. The fraction of sp³-hybridized carbons (Fsp3) is 0.188. The maximum Gasteiger partial charge on any atom is 0.144 e. The number of halogens is 1. The lowest BCUT2D eigenvalue weighted by atomic mass is 10.1. The summed E-state index contributed by atoms with van der Waals surface area (Å²) in [5.74, 6) is 0.986. The first kappa shape index (κ1) is 14.4. The lowest BCUT2D eigenvalue weighted by molar-refractivity contribution is 0.416. The van der Waals surface area contributed by atoms with Crippen LogP contribution in [-0.2, 0) is 0 Å². The van der Waals surface area contributed by atoms with Gasteiger partial charge in [-0.3, -0.25) is 4.99 Å². The minimum Gasteiger partial charge on any atom is -0.507 e. The number of aromatic hydroxyl groups is 1. The smallest absolute Gasteiger partial charge is 0.144 e. The lowest BCUT2D eigenvalue weighted by Crippen LogP contribution is -1.88. The van der Waals surface area contributed by atoms with Crippen LogP contribution in [0.4, 0.5) is 5.69 Å². The molecule has 0 unspecified atom stereocenters. The van der Waals surface area contributed by atoms with E-state index in [0.29, 0.717) is 22.2 Å². The largest absolute Gasteiger partial charge is 0.507 e. The van der Waals surface area contributed by atoms with E-state index in [9.17, 15) is 5.11 Å². The zero-order chi connectivity index (χ0) is 14.7. The van der Waals surface area contributed by atoms with E-state index in [1.165, 1.54) is 0 Å². The number of hydrogen-bond acceptors (Lipinski definition) is 3. The van der Waals surface area contributed by atoms with Gasteiger partial charge in [-0.1, -0.05) is 11.6 Å². The Morgan fingerprint density at radius 3 is 2.40 bits per heavy atom. The highest BCUT2D eigenvalue weighted by molar-refractivity contribution is 6.30. The molecule has 0 aliphatic carbocycles. The van der Waals surface area contributed by atoms with Crippen molar-refractivity contribution in [3.63, 3.8) is 0 Å². The van der Waals surface area contributed by atoms with Crippen LogP contribution in [0.1, 0.15) is 16.7 Å². The monoisotopic (exact) mass is 289 g/mol. The molecule has 0 fully saturated rings. The quantitative estimate of drug-likeness (QED) is 0.850. The number of ether oxygens (including phenoxy) is 1. The van der Waals surface area contributed by atoms with E-state index >= 15 is 0 Å². The third kappa shape index (κ3) is 3.11. The molecule has 0 aromatic heterocycles. The molecule has 4 heteroatoms. The van der Waals surface area contributed by atoms with Gasteiger partial charge in [-0.15, -0.1) is 0 Å². The number of aliphatic imine (C=N–C) groups is 1. The van der Waals surface area contributed by atoms with Gasteiger partial charge >= 0.3 is 0 Å². The molecule has 3 nitrogen and oxygen atoms in total. The number of nitrogens with zero attached hydrogens (tertiary/aromatic N) is 1. The molecule has 0 aliphatic heterocycles. The van der Waals surface area contributed by atoms with Gasteiger partial charge in [0.25, 0.3) is 0 Å². The summed E-state index contributed by atoms with van der Waals surface area (Å²) < 4.78 is 5.24. The normalized spacial score (nSPS) is 11.0. The Bertz CT molecular complexity index is 643. The number of rotatable bonds is 3. The van der Waals surface area contributed by atoms with Gasteiger partial charge in [-0.05, 0) is 60.9 Å². The van der Waals surface area contributed by atoms with Gasteiger partial charge in [0, 0.05) is 11.2 Å². The van der Waals surface area contributed by atoms with Gasteiger partial charge in [-0.2, -0.15) is 0 Å². The third-order valence-electron chi connectivity index (χ3n) is 3.01. The topological polar surface area (TPSA) is 41.8 Å². The zero-order valence-corrected chi connectivity index (χ0v) is 12.4. The van der Waals surface area contributed by atoms with Gasteiger partial charge < -0.3 is 9.84 Å². The summed E-state index contributed by atoms with van der Waals surface area (Å²) in [6.45, 7) is 3.72. The third-order valence-corrected chi connectivity index (χ3v) is 3.24. The molecule has 1 N–H and O–H groups in total. The number of phenols is 1. The summed E-state index contributed by atoms with van der Waals surface area (Å²) in [4.78, 5) is 4.40. The van der Waals surface area contributed by atoms with Gasteiger partial charge in [0.2, 0.25) is 0 Å². The maximum absolute atomic E-state index is 9.75. The molecule has 0 radical (unpaired) electrons. The number of phenolic OH excluding ortho intramolecular Hbond substituents is 1. The van der Waals surface area contributed by atoms with Crippen molar-refractivity contribution in [2.45, 2.75) is 13.8 Å². The summed E-state index contributed by atoms with van der Waals surface area (Å²) in [5, 5.41) is 10.4. The molecule has 104 valence electrons. The molecule has 20 heavy (non-hydrogen) atoms. The van der Waals surface area contributed by atoms with Crippen LogP contribution in [-0.4, -0.2) is 18.4 Å². The number of methoxy groups -OCH3 is 1. The Hall–Kier alpha value is -2.00. The van der Waals surface area contributed by atoms with E-state index in [4.69, 9.17) is 16.3 Å². The summed E-state index contributed by atoms with van der Waals surface area (Å²) in [6, 6.07) is 9.04. The minimum absolute atomic E-state index is 0.322. The van der Waals surface area contributed by atoms with E-state index in [-0.39, 0.29) is 0 Å². The number of benzene rings is 2. The molecule has 0 saturated heterocycles. The second-order valence-corrected chi connectivity index (χ2v) is 5.01. The molecule has 2 aromatic carbocycles. The van der Waals surface area contributed by atoms with E-state index in [1.807, 2.05) is 26.0 Å². The summed E-state index contributed by atoms with van der Waals surface area (Å²) in [6.07, 6.45) is 1.73. The van der Waals surface area contributed by atoms with Crippen molar-refractivity contribution in [3.8, 4) is 11.5 Å². The van der Waals surface area contributed by atoms with Crippen molar-refractivity contribution in [1.82, 2.24) is 0 Å². The molecule has 2 aromatic rings. The van der Waals surface area contributed by atoms with E-state index in [2.05, 4.69) is 4.99 Å². The second kappa shape index (κ2) is 5.97. The van der Waals surface area contributed by atoms with Crippen LogP contribution < -0.4 is 4.74 Å². The molecular weight excluding hydrogens is 274 g/mol. The van der Waals surface area contributed by atoms with Crippen LogP contribution >= 0.6 is 11.6 Å². The first-order valence-corrected chi connectivity index (χ1v) is 6.57. The van der Waals surface area contributed by atoms with Gasteiger partial charge in [0.15, 0.2) is 0 Å². The van der Waals surface area contributed by atoms with Crippen molar-refractivity contribution >= 4 is 23.5 Å². The lowest BCUT2D eigenvalue weighted by Gasteiger charge is -2.06. The highest BCUT2D eigenvalue weighted by Crippen LogP contribution is 2.30. The van der Waals surface area contributed by atoms with Crippen LogP contribution in [0.15, 0.2) is 35.3 Å². The van der Waals surface area contributed by atoms with Crippen LogP contribution in [0.5, 0.6) is 11.5 Å². The highest BCUT2D eigenvalue weighted by Gasteiger charge is 2.04. The van der Waals surface area contributed by atoms with Gasteiger partial charge in [-0.25, -0.2) is 0 Å². The Balaban J connectivity index is 2.36. The molecule has 0 saturated carbocycles. The fourth-order valence-electron chi connectivity index (χ4n) is 1.97. The van der Waals surface area contributed by atoms with Crippen LogP contribution in [0.25, 0.3) is 0 Å². The average molecular weight is 290 g/mol. The molecule has 0 aliphatic rings. The van der Waals surface area contributed by atoms with Gasteiger partial charge in [0.1, 0.15) is 17.2 Å². The van der Waals surface area contributed by atoms with E-state index in [1.54, 1.807) is 31.5 Å². The molecular formula is C16H16ClNO2. The number of hydrogen-bond donors (Lipinski definition) is 1. The standard InChI is InChI=1S/C16H16ClNO2/c1-10-6-12(7-11(2)16(10)19)9-18-14-8-13(17)4-5-15(14)20-3/h4-9,19H,1-3H3. The zero-order valence-electron chi connectivity index (χ0n) is 11.6. The van der Waals surface area contributed by atoms with Crippen molar-refractivity contribution in [1.29, 1.82) is 0 Å². The Labute approximate surface area is 123 Å². The molecule has 0 bridgehead atoms. The second-order valence-electron chi connectivity index (χ2n) is 4.58. The van der Waals surface area contributed by atoms with Crippen molar-refractivity contribution in [2.24, 2.45) is 4.99 Å². The predicted octanol–water partition coefficient (Wildman–Crippen LogP) is 4.42. The maximum atomic E-state index is 9.75. The first-order valence-electron chi connectivity index (χ1n) is 6.19. The Kier molecular flexibility index (Phi) is 4.30. The van der Waals surface area contributed by atoms with Crippen LogP contribution in [0.3, 0.4) is 0 Å². The molecule has 2 rings (SSSR count). The SMILES string of the molecule is COc1ccc(Cl)cc1N=Cc1cc(C)c(O)c(C)c1. The summed E-state index contributed by atoms with van der Waals surface area (Å²) >= 11 is 5.96. The molecule has 0 heterocycles. The summed E-state index contributed by atoms with van der Waals surface area (Å²) in [7, 11) is 1.59. The van der Waals surface area contributed by atoms with Crippen molar-refractivity contribution in [2.75, 3.05) is 7.11 Å². The molecule has 0 spiro atoms. The van der Waals surface area contributed by atoms with Crippen molar-refractivity contribution in [3.05, 3.63) is 52.0 Å². The Morgan fingerprint density at radius 1 is 1.15 bits per heavy atom. The number of aryl methyl sites for hydroxylation is 2. The van der Waals surface area contributed by atoms with Crippen LogP contribution in [0.2, 0.25) is 5.02 Å². The minimum atomic E-state index is 0.322. The van der Waals surface area contributed by atoms with Crippen molar-refractivity contribution < 1.29 is 9.84 Å². The van der Waals surface area contributed by atoms with E-state index in [0.717, 1.165) is 16.7 Å². The Morgan fingerprint density at radius 2 is 1.80 bits per heavy atom. The highest BCUT2D eigenvalue weighted by atomic mass is 35.5. The summed E-state index contributed by atoms with van der Waals surface area (Å²) in [5.41, 5.74) is 3.23. The molecule has 0 atom stereocenters. The molecule has 0 amide bonds. The van der Waals surface area contributed by atoms with Gasteiger partial charge in [0.05, 0.1) is 7.11 Å².